The van der Waals surface area contributed by atoms with Crippen molar-refractivity contribution in [2.24, 2.45) is 0 Å². The molecular formula is C17H22N4. The van der Waals surface area contributed by atoms with Crippen molar-refractivity contribution >= 4 is 17.3 Å². The Kier molecular flexibility index (Phi) is 4.34. The van der Waals surface area contributed by atoms with Crippen LogP contribution in [0.5, 0.6) is 0 Å². The molecule has 1 N–H and O–H groups in total. The molecule has 0 saturated carbocycles. The van der Waals surface area contributed by atoms with Crippen molar-refractivity contribution in [3.05, 3.63) is 42.2 Å². The molecule has 1 aliphatic heterocycles. The number of aromatic nitrogens is 2. The lowest BCUT2D eigenvalue weighted by atomic mass is 10.2. The van der Waals surface area contributed by atoms with E-state index in [0.717, 1.165) is 30.4 Å². The smallest absolute Gasteiger partial charge is 0.135 e. The summed E-state index contributed by atoms with van der Waals surface area (Å²) < 4.78 is 0. The van der Waals surface area contributed by atoms with Gasteiger partial charge >= 0.3 is 0 Å². The van der Waals surface area contributed by atoms with Crippen LogP contribution in [0.15, 0.2) is 36.7 Å². The molecular weight excluding hydrogens is 260 g/mol. The summed E-state index contributed by atoms with van der Waals surface area (Å²) in [5.74, 6) is 1.89. The van der Waals surface area contributed by atoms with E-state index in [9.17, 15) is 0 Å². The van der Waals surface area contributed by atoms with E-state index in [1.807, 2.05) is 12.1 Å². The van der Waals surface area contributed by atoms with Crippen LogP contribution < -0.4 is 10.2 Å². The summed E-state index contributed by atoms with van der Waals surface area (Å²) in [6.07, 6.45) is 6.82. The number of nitrogens with zero attached hydrogens (tertiary/aromatic N) is 3. The first-order chi connectivity index (χ1) is 10.3. The first-order valence-corrected chi connectivity index (χ1v) is 7.72. The Bertz CT molecular complexity index is 589. The molecule has 21 heavy (non-hydrogen) atoms. The predicted octanol–water partition coefficient (Wildman–Crippen LogP) is 3.91. The van der Waals surface area contributed by atoms with E-state index >= 15 is 0 Å². The molecule has 0 radical (unpaired) electrons. The minimum atomic E-state index is 0.860. The van der Waals surface area contributed by atoms with Gasteiger partial charge in [-0.15, -0.1) is 0 Å². The largest absolute Gasteiger partial charge is 0.356 e. The number of benzene rings is 1. The minimum absolute atomic E-state index is 0.860. The second-order valence-corrected chi connectivity index (χ2v) is 5.60. The van der Waals surface area contributed by atoms with E-state index in [2.05, 4.69) is 45.3 Å². The van der Waals surface area contributed by atoms with Gasteiger partial charge < -0.3 is 10.2 Å². The predicted molar refractivity (Wildman–Crippen MR) is 87.2 cm³/mol. The van der Waals surface area contributed by atoms with E-state index in [1.54, 1.807) is 6.33 Å². The number of hydrogen-bond acceptors (Lipinski definition) is 4. The molecule has 0 bridgehead atoms. The highest BCUT2D eigenvalue weighted by Gasteiger charge is 2.12. The van der Waals surface area contributed by atoms with Gasteiger partial charge in [0.25, 0.3) is 0 Å². The third-order valence-corrected chi connectivity index (χ3v) is 3.99. The van der Waals surface area contributed by atoms with Crippen molar-refractivity contribution in [2.75, 3.05) is 23.3 Å². The zero-order chi connectivity index (χ0) is 14.5. The van der Waals surface area contributed by atoms with Crippen LogP contribution in [0.1, 0.15) is 31.2 Å². The number of rotatable bonds is 3. The molecule has 4 nitrogen and oxygen atoms in total. The zero-order valence-corrected chi connectivity index (χ0v) is 12.5. The van der Waals surface area contributed by atoms with E-state index in [4.69, 9.17) is 0 Å². The number of nitrogens with one attached hydrogen (secondary N) is 1. The summed E-state index contributed by atoms with van der Waals surface area (Å²) in [7, 11) is 0. The Hall–Kier alpha value is -2.10. The van der Waals surface area contributed by atoms with Gasteiger partial charge in [0, 0.05) is 24.8 Å². The van der Waals surface area contributed by atoms with E-state index in [0.29, 0.717) is 0 Å². The molecule has 1 saturated heterocycles. The number of aryl methyl sites for hydroxylation is 1. The molecule has 4 heteroatoms. The lowest BCUT2D eigenvalue weighted by molar-refractivity contribution is 0.726. The molecule has 0 atom stereocenters. The summed E-state index contributed by atoms with van der Waals surface area (Å²) in [5, 5.41) is 3.39. The van der Waals surface area contributed by atoms with Crippen LogP contribution in [0.25, 0.3) is 0 Å². The molecule has 1 fully saturated rings. The number of hydrogen-bond donors (Lipinski definition) is 1. The third-order valence-electron chi connectivity index (χ3n) is 3.99. The molecule has 0 aliphatic carbocycles. The van der Waals surface area contributed by atoms with Gasteiger partial charge in [0.2, 0.25) is 0 Å². The highest BCUT2D eigenvalue weighted by Crippen LogP contribution is 2.22. The van der Waals surface area contributed by atoms with E-state index in [-0.39, 0.29) is 0 Å². The van der Waals surface area contributed by atoms with Gasteiger partial charge in [0.15, 0.2) is 0 Å². The normalized spacial score (nSPS) is 15.6. The molecule has 1 aromatic heterocycles. The maximum absolute atomic E-state index is 4.44. The molecule has 2 aromatic rings. The maximum atomic E-state index is 4.44. The molecule has 0 spiro atoms. The summed E-state index contributed by atoms with van der Waals surface area (Å²) in [6, 6.07) is 10.3. The summed E-state index contributed by atoms with van der Waals surface area (Å²) in [4.78, 5) is 11.2. The monoisotopic (exact) mass is 282 g/mol. The molecule has 0 amide bonds. The Morgan fingerprint density at radius 3 is 2.52 bits per heavy atom. The van der Waals surface area contributed by atoms with Gasteiger partial charge in [-0.05, 0) is 31.4 Å². The van der Waals surface area contributed by atoms with Crippen molar-refractivity contribution in [2.45, 2.75) is 32.6 Å². The highest BCUT2D eigenvalue weighted by atomic mass is 15.2. The Labute approximate surface area is 126 Å². The third kappa shape index (κ3) is 3.51. The lowest BCUT2D eigenvalue weighted by Crippen LogP contribution is -2.25. The second kappa shape index (κ2) is 6.57. The average molecular weight is 282 g/mol. The van der Waals surface area contributed by atoms with Gasteiger partial charge in [0.05, 0.1) is 0 Å². The van der Waals surface area contributed by atoms with Crippen LogP contribution in [-0.2, 0) is 0 Å². The Balaban J connectivity index is 1.78. The second-order valence-electron chi connectivity index (χ2n) is 5.60. The van der Waals surface area contributed by atoms with Crippen molar-refractivity contribution in [1.82, 2.24) is 9.97 Å². The van der Waals surface area contributed by atoms with Crippen LogP contribution in [0.2, 0.25) is 0 Å². The fourth-order valence-electron chi connectivity index (χ4n) is 2.74. The summed E-state index contributed by atoms with van der Waals surface area (Å²) >= 11 is 0. The maximum Gasteiger partial charge on any atom is 0.135 e. The quantitative estimate of drug-likeness (QED) is 0.926. The lowest BCUT2D eigenvalue weighted by Gasteiger charge is -2.21. The van der Waals surface area contributed by atoms with Crippen molar-refractivity contribution in [3.8, 4) is 0 Å². The fraction of sp³-hybridized carbons (Fsp3) is 0.412. The molecule has 110 valence electrons. The van der Waals surface area contributed by atoms with Crippen molar-refractivity contribution < 1.29 is 0 Å². The van der Waals surface area contributed by atoms with Crippen molar-refractivity contribution in [1.29, 1.82) is 0 Å². The number of para-hydroxylation sites is 1. The van der Waals surface area contributed by atoms with E-state index in [1.165, 1.54) is 31.2 Å². The van der Waals surface area contributed by atoms with Crippen LogP contribution in [-0.4, -0.2) is 23.1 Å². The Morgan fingerprint density at radius 2 is 1.76 bits per heavy atom. The van der Waals surface area contributed by atoms with Crippen LogP contribution in [0, 0.1) is 6.92 Å². The topological polar surface area (TPSA) is 41.0 Å². The summed E-state index contributed by atoms with van der Waals surface area (Å²) in [5.41, 5.74) is 2.31. The minimum Gasteiger partial charge on any atom is -0.356 e. The van der Waals surface area contributed by atoms with E-state index < -0.39 is 0 Å². The Morgan fingerprint density at radius 1 is 1.00 bits per heavy atom. The standard InChI is InChI=1S/C17H22N4/c1-14-8-4-5-9-15(14)20-16-12-17(19-13-18-16)21-10-6-2-3-7-11-21/h4-5,8-9,12-13H,2-3,6-7,10-11H2,1H3,(H,18,19,20). The fourth-order valence-corrected chi connectivity index (χ4v) is 2.74. The highest BCUT2D eigenvalue weighted by molar-refractivity contribution is 5.62. The summed E-state index contributed by atoms with van der Waals surface area (Å²) in [6.45, 7) is 4.29. The number of anilines is 3. The van der Waals surface area contributed by atoms with Gasteiger partial charge in [-0.3, -0.25) is 0 Å². The molecule has 2 heterocycles. The van der Waals surface area contributed by atoms with Gasteiger partial charge in [0.1, 0.15) is 18.0 Å². The van der Waals surface area contributed by atoms with Crippen LogP contribution in [0.3, 0.4) is 0 Å². The van der Waals surface area contributed by atoms with Gasteiger partial charge in [-0.1, -0.05) is 31.0 Å². The van der Waals surface area contributed by atoms with Crippen molar-refractivity contribution in [3.63, 3.8) is 0 Å². The van der Waals surface area contributed by atoms with Gasteiger partial charge in [-0.25, -0.2) is 9.97 Å². The van der Waals surface area contributed by atoms with Crippen LogP contribution in [0.4, 0.5) is 17.3 Å². The zero-order valence-electron chi connectivity index (χ0n) is 12.5. The average Bonchev–Trinajstić information content (AvgIpc) is 2.79. The SMILES string of the molecule is Cc1ccccc1Nc1cc(N2CCCCCC2)ncn1. The molecule has 3 rings (SSSR count). The van der Waals surface area contributed by atoms with Gasteiger partial charge in [-0.2, -0.15) is 0 Å². The first kappa shape index (κ1) is 13.9. The molecule has 0 unspecified atom stereocenters. The molecule has 1 aromatic carbocycles. The van der Waals surface area contributed by atoms with Crippen LogP contribution >= 0.6 is 0 Å². The molecule has 1 aliphatic rings. The first-order valence-electron chi connectivity index (χ1n) is 7.72.